The van der Waals surface area contributed by atoms with E-state index in [1.807, 2.05) is 41.5 Å². The first-order valence-electron chi connectivity index (χ1n) is 11.0. The molecule has 182 valence electrons. The van der Waals surface area contributed by atoms with Crippen molar-refractivity contribution in [1.29, 1.82) is 0 Å². The lowest BCUT2D eigenvalue weighted by atomic mass is 9.85. The lowest BCUT2D eigenvalue weighted by Crippen LogP contribution is -2.61. The van der Waals surface area contributed by atoms with Gasteiger partial charge in [0.15, 0.2) is 0 Å². The Labute approximate surface area is 190 Å². The van der Waals surface area contributed by atoms with Crippen LogP contribution in [0.1, 0.15) is 55.4 Å². The van der Waals surface area contributed by atoms with E-state index in [-0.39, 0.29) is 29.7 Å². The predicted octanol–water partition coefficient (Wildman–Crippen LogP) is -0.0558. The summed E-state index contributed by atoms with van der Waals surface area (Å²) in [5, 5.41) is 17.8. The molecule has 1 saturated carbocycles. The van der Waals surface area contributed by atoms with Crippen LogP contribution in [0.4, 0.5) is 4.79 Å². The molecule has 2 rings (SSSR count). The minimum absolute atomic E-state index is 0.0406. The fraction of sp³-hybridized carbons (Fsp3) is 0.818. The zero-order chi connectivity index (χ0) is 24.8. The minimum Gasteiger partial charge on any atom is -0.381 e. The largest absolute Gasteiger partial charge is 0.381 e. The normalized spacial score (nSPS) is 25.9. The van der Waals surface area contributed by atoms with Gasteiger partial charge in [0.2, 0.25) is 17.7 Å². The molecule has 1 aliphatic carbocycles. The molecule has 0 aromatic carbocycles. The predicted molar refractivity (Wildman–Crippen MR) is 119 cm³/mol. The molecular formula is C22H39N5O5. The molecule has 1 heterocycles. The molecular weight excluding hydrogens is 414 g/mol. The molecule has 2 fully saturated rings. The Hall–Kier alpha value is -2.36. The number of piperidine rings is 1. The number of carbonyl (C=O) groups is 4. The third kappa shape index (κ3) is 5.51. The summed E-state index contributed by atoms with van der Waals surface area (Å²) in [6.07, 6.45) is -1.50. The highest BCUT2D eigenvalue weighted by molar-refractivity contribution is 5.94. The molecule has 1 aliphatic heterocycles. The molecule has 5 amide bonds. The zero-order valence-electron chi connectivity index (χ0n) is 20.4. The molecule has 0 radical (unpaired) electrons. The van der Waals surface area contributed by atoms with Gasteiger partial charge in [0, 0.05) is 12.1 Å². The first-order chi connectivity index (χ1) is 14.4. The standard InChI is InChI=1S/C22H39N5O5/c1-20(2,3)15(25-19(32)26-21(4,5)6)18(31)27-10-11-13(22(11,7)8)14(27)17(30)24-9-12(28)16(23)29/h11-15,28H,9-10H2,1-8H3,(H2,23,29)(H,24,30)(H2,25,26,32)/t11?,12?,13?,14-,15+/m0/s1. The van der Waals surface area contributed by atoms with Crippen molar-refractivity contribution in [1.82, 2.24) is 20.9 Å². The SMILES string of the molecule is CC(C)(C)NC(=O)N[C@H](C(=O)N1CC2C([C@H]1C(=O)NCC(O)C(N)=O)C2(C)C)C(C)(C)C. The highest BCUT2D eigenvalue weighted by atomic mass is 16.3. The highest BCUT2D eigenvalue weighted by Gasteiger charge is 2.69. The number of aliphatic hydroxyl groups is 1. The maximum absolute atomic E-state index is 13.6. The Morgan fingerprint density at radius 2 is 1.69 bits per heavy atom. The van der Waals surface area contributed by atoms with Crippen molar-refractivity contribution in [3.8, 4) is 0 Å². The summed E-state index contributed by atoms with van der Waals surface area (Å²) in [7, 11) is 0. The summed E-state index contributed by atoms with van der Waals surface area (Å²) in [6.45, 7) is 15.3. The lowest BCUT2D eigenvalue weighted by Gasteiger charge is -2.38. The molecule has 0 bridgehead atoms. The Bertz CT molecular complexity index is 783. The summed E-state index contributed by atoms with van der Waals surface area (Å²) in [5.74, 6) is -1.59. The summed E-state index contributed by atoms with van der Waals surface area (Å²) < 4.78 is 0. The molecule has 2 aliphatic rings. The molecule has 3 unspecified atom stereocenters. The monoisotopic (exact) mass is 453 g/mol. The van der Waals surface area contributed by atoms with E-state index in [1.54, 1.807) is 0 Å². The fourth-order valence-electron chi connectivity index (χ4n) is 4.54. The number of likely N-dealkylation sites (tertiary alicyclic amines) is 1. The Morgan fingerprint density at radius 1 is 1.12 bits per heavy atom. The van der Waals surface area contributed by atoms with Crippen molar-refractivity contribution in [2.75, 3.05) is 13.1 Å². The number of amides is 5. The number of nitrogens with one attached hydrogen (secondary N) is 3. The van der Waals surface area contributed by atoms with Gasteiger partial charge in [-0.2, -0.15) is 0 Å². The van der Waals surface area contributed by atoms with Crippen LogP contribution < -0.4 is 21.7 Å². The number of hydrogen-bond acceptors (Lipinski definition) is 5. The molecule has 0 aromatic heterocycles. The van der Waals surface area contributed by atoms with Crippen LogP contribution in [0.15, 0.2) is 0 Å². The van der Waals surface area contributed by atoms with E-state index in [4.69, 9.17) is 5.73 Å². The van der Waals surface area contributed by atoms with Gasteiger partial charge in [0.1, 0.15) is 18.2 Å². The van der Waals surface area contributed by atoms with Crippen LogP contribution in [0.3, 0.4) is 0 Å². The third-order valence-corrected chi connectivity index (χ3v) is 6.44. The quantitative estimate of drug-likeness (QED) is 0.381. The highest BCUT2D eigenvalue weighted by Crippen LogP contribution is 2.65. The second-order valence-electron chi connectivity index (χ2n) is 11.7. The van der Waals surface area contributed by atoms with Crippen LogP contribution in [0.5, 0.6) is 0 Å². The van der Waals surface area contributed by atoms with Gasteiger partial charge in [-0.15, -0.1) is 0 Å². The summed E-state index contributed by atoms with van der Waals surface area (Å²) in [4.78, 5) is 51.8. The van der Waals surface area contributed by atoms with Crippen molar-refractivity contribution < 1.29 is 24.3 Å². The molecule has 0 aromatic rings. The second-order valence-corrected chi connectivity index (χ2v) is 11.7. The van der Waals surface area contributed by atoms with Crippen LogP contribution in [0.2, 0.25) is 0 Å². The van der Waals surface area contributed by atoms with Crippen LogP contribution in [0.25, 0.3) is 0 Å². The Kier molecular flexibility index (Phi) is 6.90. The smallest absolute Gasteiger partial charge is 0.315 e. The maximum Gasteiger partial charge on any atom is 0.315 e. The van der Waals surface area contributed by atoms with E-state index in [1.165, 1.54) is 4.90 Å². The van der Waals surface area contributed by atoms with Crippen molar-refractivity contribution in [3.63, 3.8) is 0 Å². The van der Waals surface area contributed by atoms with Crippen LogP contribution in [0, 0.1) is 22.7 Å². The van der Waals surface area contributed by atoms with Crippen molar-refractivity contribution in [2.24, 2.45) is 28.4 Å². The van der Waals surface area contributed by atoms with Gasteiger partial charge in [-0.25, -0.2) is 4.79 Å². The number of nitrogens with two attached hydrogens (primary N) is 1. The van der Waals surface area contributed by atoms with Crippen LogP contribution in [-0.2, 0) is 14.4 Å². The first-order valence-corrected chi connectivity index (χ1v) is 11.0. The van der Waals surface area contributed by atoms with E-state index >= 15 is 0 Å². The molecule has 10 heteroatoms. The van der Waals surface area contributed by atoms with E-state index in [9.17, 15) is 24.3 Å². The summed E-state index contributed by atoms with van der Waals surface area (Å²) in [6, 6.07) is -2.06. The number of aliphatic hydroxyl groups excluding tert-OH is 1. The molecule has 6 N–H and O–H groups in total. The number of urea groups is 1. The van der Waals surface area contributed by atoms with E-state index < -0.39 is 47.0 Å². The number of hydrogen-bond donors (Lipinski definition) is 5. The van der Waals surface area contributed by atoms with Crippen LogP contribution in [-0.4, -0.2) is 70.6 Å². The average molecular weight is 454 g/mol. The number of carbonyl (C=O) groups excluding carboxylic acids is 4. The number of fused-ring (bicyclic) bond motifs is 1. The minimum atomic E-state index is -1.50. The maximum atomic E-state index is 13.6. The zero-order valence-corrected chi connectivity index (χ0v) is 20.4. The van der Waals surface area contributed by atoms with E-state index in [0.29, 0.717) is 6.54 Å². The topological polar surface area (TPSA) is 154 Å². The van der Waals surface area contributed by atoms with Gasteiger partial charge in [0.25, 0.3) is 0 Å². The van der Waals surface area contributed by atoms with Gasteiger partial charge in [-0.1, -0.05) is 34.6 Å². The van der Waals surface area contributed by atoms with E-state index in [0.717, 1.165) is 0 Å². The number of primary amides is 1. The average Bonchev–Trinajstić information content (AvgIpc) is 2.97. The Balaban J connectivity index is 2.23. The number of nitrogens with zero attached hydrogens (tertiary/aromatic N) is 1. The number of rotatable bonds is 6. The first kappa shape index (κ1) is 25.9. The molecule has 10 nitrogen and oxygen atoms in total. The van der Waals surface area contributed by atoms with Crippen molar-refractivity contribution >= 4 is 23.8 Å². The van der Waals surface area contributed by atoms with Gasteiger partial charge in [-0.3, -0.25) is 14.4 Å². The van der Waals surface area contributed by atoms with E-state index in [2.05, 4.69) is 29.8 Å². The molecule has 1 saturated heterocycles. The van der Waals surface area contributed by atoms with Gasteiger partial charge in [-0.05, 0) is 43.4 Å². The summed E-state index contributed by atoms with van der Waals surface area (Å²) >= 11 is 0. The lowest BCUT2D eigenvalue weighted by molar-refractivity contribution is -0.144. The van der Waals surface area contributed by atoms with Crippen molar-refractivity contribution in [3.05, 3.63) is 0 Å². The molecule has 5 atom stereocenters. The van der Waals surface area contributed by atoms with Crippen molar-refractivity contribution in [2.45, 2.75) is 79.1 Å². The molecule has 32 heavy (non-hydrogen) atoms. The van der Waals surface area contributed by atoms with Gasteiger partial charge in [0.05, 0.1) is 6.54 Å². The van der Waals surface area contributed by atoms with Crippen LogP contribution >= 0.6 is 0 Å². The van der Waals surface area contributed by atoms with Gasteiger partial charge < -0.3 is 31.7 Å². The fourth-order valence-corrected chi connectivity index (χ4v) is 4.54. The Morgan fingerprint density at radius 3 is 2.16 bits per heavy atom. The molecule has 0 spiro atoms. The summed E-state index contributed by atoms with van der Waals surface area (Å²) in [5.41, 5.74) is 3.88. The third-order valence-electron chi connectivity index (χ3n) is 6.44. The van der Waals surface area contributed by atoms with Gasteiger partial charge >= 0.3 is 6.03 Å². The second kappa shape index (κ2) is 8.53.